The summed E-state index contributed by atoms with van der Waals surface area (Å²) < 4.78 is 7.79. The molecular weight excluding hydrogens is 602 g/mol. The minimum atomic E-state index is -0.144. The molecule has 0 bridgehead atoms. The second-order valence-electron chi connectivity index (χ2n) is 13.7. The van der Waals surface area contributed by atoms with E-state index in [1.54, 1.807) is 12.1 Å². The van der Waals surface area contributed by atoms with Gasteiger partial charge in [0.15, 0.2) is 0 Å². The molecule has 3 aromatic carbocycles. The number of para-hydroxylation sites is 1. The fourth-order valence-electron chi connectivity index (χ4n) is 5.66. The third-order valence-electron chi connectivity index (χ3n) is 9.35. The highest BCUT2D eigenvalue weighted by Gasteiger charge is 2.29. The summed E-state index contributed by atoms with van der Waals surface area (Å²) in [5.41, 5.74) is 5.85. The molecule has 10 heteroatoms. The summed E-state index contributed by atoms with van der Waals surface area (Å²) in [5, 5.41) is 18.9. The number of hydrogen-bond acceptors (Lipinski definition) is 7. The van der Waals surface area contributed by atoms with Crippen molar-refractivity contribution in [1.29, 1.82) is 0 Å². The van der Waals surface area contributed by atoms with E-state index in [4.69, 9.17) is 4.74 Å². The molecule has 0 saturated heterocycles. The van der Waals surface area contributed by atoms with Crippen LogP contribution < -0.4 is 25.6 Å². The van der Waals surface area contributed by atoms with Crippen LogP contribution in [0, 0.1) is 0 Å². The molecular formula is C38H49N7O3. The highest BCUT2D eigenvalue weighted by molar-refractivity contribution is 6.00. The Balaban J connectivity index is 1.27. The van der Waals surface area contributed by atoms with Gasteiger partial charge in [-0.2, -0.15) is 0 Å². The Bertz CT molecular complexity index is 1710. The molecule has 0 radical (unpaired) electrons. The lowest BCUT2D eigenvalue weighted by Crippen LogP contribution is -2.39. The van der Waals surface area contributed by atoms with Crippen molar-refractivity contribution in [3.63, 3.8) is 0 Å². The van der Waals surface area contributed by atoms with Crippen LogP contribution >= 0.6 is 0 Å². The van der Waals surface area contributed by atoms with Gasteiger partial charge < -0.3 is 25.6 Å². The number of hydrogen-bond donors (Lipinski definition) is 3. The van der Waals surface area contributed by atoms with Gasteiger partial charge in [0.25, 0.3) is 5.91 Å². The van der Waals surface area contributed by atoms with E-state index in [9.17, 15) is 9.59 Å². The third kappa shape index (κ3) is 8.29. The maximum absolute atomic E-state index is 13.8. The molecule has 0 fully saturated rings. The van der Waals surface area contributed by atoms with Gasteiger partial charge in [-0.15, -0.1) is 5.10 Å². The van der Waals surface area contributed by atoms with E-state index in [1.165, 1.54) is 0 Å². The van der Waals surface area contributed by atoms with Crippen molar-refractivity contribution in [3.8, 4) is 28.3 Å². The monoisotopic (exact) mass is 651 g/mol. The van der Waals surface area contributed by atoms with Gasteiger partial charge in [-0.05, 0) is 96.9 Å². The summed E-state index contributed by atoms with van der Waals surface area (Å²) >= 11 is 0. The first kappa shape index (κ1) is 34.8. The molecule has 1 aliphatic heterocycles. The second-order valence-corrected chi connectivity index (χ2v) is 13.7. The number of aryl methyl sites for hydroxylation is 1. The van der Waals surface area contributed by atoms with Crippen LogP contribution in [0.1, 0.15) is 69.3 Å². The van der Waals surface area contributed by atoms with Crippen LogP contribution in [0.25, 0.3) is 22.5 Å². The molecule has 5 rings (SSSR count). The number of amides is 2. The fraction of sp³-hybridized carbons (Fsp3) is 0.421. The van der Waals surface area contributed by atoms with Crippen molar-refractivity contribution in [2.24, 2.45) is 0 Å². The van der Waals surface area contributed by atoms with Gasteiger partial charge >= 0.3 is 0 Å². The summed E-state index contributed by atoms with van der Waals surface area (Å²) in [4.78, 5) is 28.5. The molecule has 4 aromatic rings. The molecule has 2 heterocycles. The summed E-state index contributed by atoms with van der Waals surface area (Å²) in [7, 11) is 3.87. The lowest BCUT2D eigenvalue weighted by atomic mass is 9.94. The summed E-state index contributed by atoms with van der Waals surface area (Å²) in [6.45, 7) is 10.6. The fourth-order valence-corrected chi connectivity index (χ4v) is 5.66. The number of ether oxygens (including phenoxy) is 1. The number of anilines is 1. The molecule has 3 N–H and O–H groups in total. The maximum Gasteiger partial charge on any atom is 0.251 e. The normalized spacial score (nSPS) is 12.8. The predicted octanol–water partition coefficient (Wildman–Crippen LogP) is 5.82. The zero-order valence-electron chi connectivity index (χ0n) is 29.1. The molecule has 48 heavy (non-hydrogen) atoms. The summed E-state index contributed by atoms with van der Waals surface area (Å²) in [6, 6.07) is 23.3. The van der Waals surface area contributed by atoms with Crippen LogP contribution in [-0.4, -0.2) is 65.1 Å². The minimum Gasteiger partial charge on any atom is -0.494 e. The Morgan fingerprint density at radius 3 is 2.25 bits per heavy atom. The zero-order chi connectivity index (χ0) is 34.3. The van der Waals surface area contributed by atoms with Gasteiger partial charge in [-0.25, -0.2) is 4.68 Å². The van der Waals surface area contributed by atoms with Crippen LogP contribution in [0.4, 0.5) is 5.69 Å². The standard InChI is InChI=1S/C38H49N7O3/c1-37(2,39-5)21-20-33(46)44-26-28-12-7-8-13-30(28)35-34(31-14-9-10-15-32(31)44)42-43-45(35)24-11-23-41-36(47)27-16-18-29(19-17-27)48-25-22-38(3,4)40-6/h7-10,12-19,39-40H,11,20-26H2,1-6H3,(H,41,47). The van der Waals surface area contributed by atoms with Gasteiger partial charge in [0, 0.05) is 47.3 Å². The zero-order valence-corrected chi connectivity index (χ0v) is 29.1. The van der Waals surface area contributed by atoms with Crippen LogP contribution in [-0.2, 0) is 17.9 Å². The van der Waals surface area contributed by atoms with Gasteiger partial charge in [0.1, 0.15) is 11.4 Å². The van der Waals surface area contributed by atoms with Crippen LogP contribution in [0.3, 0.4) is 0 Å². The average Bonchev–Trinajstić information content (AvgIpc) is 3.50. The average molecular weight is 652 g/mol. The number of nitrogens with zero attached hydrogens (tertiary/aromatic N) is 4. The quantitative estimate of drug-likeness (QED) is 0.147. The molecule has 1 aromatic heterocycles. The van der Waals surface area contributed by atoms with Crippen LogP contribution in [0.2, 0.25) is 0 Å². The van der Waals surface area contributed by atoms with Gasteiger partial charge in [-0.3, -0.25) is 9.59 Å². The lowest BCUT2D eigenvalue weighted by molar-refractivity contribution is -0.119. The third-order valence-corrected chi connectivity index (χ3v) is 9.35. The Hall–Kier alpha value is -4.54. The van der Waals surface area contributed by atoms with Crippen molar-refractivity contribution < 1.29 is 14.3 Å². The van der Waals surface area contributed by atoms with E-state index < -0.39 is 0 Å². The van der Waals surface area contributed by atoms with Crippen molar-refractivity contribution >= 4 is 17.5 Å². The first-order valence-corrected chi connectivity index (χ1v) is 16.8. The molecule has 1 aliphatic rings. The Kier molecular flexibility index (Phi) is 11.0. The van der Waals surface area contributed by atoms with E-state index >= 15 is 0 Å². The number of benzene rings is 3. The van der Waals surface area contributed by atoms with Crippen molar-refractivity contribution in [2.45, 2.75) is 77.5 Å². The van der Waals surface area contributed by atoms with Crippen molar-refractivity contribution in [2.75, 3.05) is 32.1 Å². The van der Waals surface area contributed by atoms with E-state index in [0.717, 1.165) is 52.4 Å². The number of carbonyl (C=O) groups is 2. The lowest BCUT2D eigenvalue weighted by Gasteiger charge is -2.30. The molecule has 2 amide bonds. The maximum atomic E-state index is 13.8. The minimum absolute atomic E-state index is 0.00303. The van der Waals surface area contributed by atoms with Crippen LogP contribution in [0.5, 0.6) is 5.75 Å². The van der Waals surface area contributed by atoms with E-state index in [-0.39, 0.29) is 22.9 Å². The van der Waals surface area contributed by atoms with E-state index in [1.807, 2.05) is 72.2 Å². The first-order valence-electron chi connectivity index (χ1n) is 16.8. The van der Waals surface area contributed by atoms with Crippen molar-refractivity contribution in [1.82, 2.24) is 30.9 Å². The van der Waals surface area contributed by atoms with Gasteiger partial charge in [-0.1, -0.05) is 47.7 Å². The number of carbonyl (C=O) groups excluding carboxylic acids is 2. The Labute approximate surface area is 284 Å². The highest BCUT2D eigenvalue weighted by atomic mass is 16.5. The number of rotatable bonds is 14. The molecule has 0 aliphatic carbocycles. The van der Waals surface area contributed by atoms with E-state index in [2.05, 4.69) is 66.1 Å². The molecule has 0 spiro atoms. The predicted molar refractivity (Wildman–Crippen MR) is 191 cm³/mol. The highest BCUT2D eigenvalue weighted by Crippen LogP contribution is 2.41. The van der Waals surface area contributed by atoms with Crippen molar-refractivity contribution in [3.05, 3.63) is 83.9 Å². The largest absolute Gasteiger partial charge is 0.494 e. The van der Waals surface area contributed by atoms with Gasteiger partial charge in [0.2, 0.25) is 5.91 Å². The summed E-state index contributed by atoms with van der Waals surface area (Å²) in [6.07, 6.45) is 2.67. The second kappa shape index (κ2) is 15.1. The molecule has 254 valence electrons. The summed E-state index contributed by atoms with van der Waals surface area (Å²) in [5.74, 6) is 0.685. The smallest absolute Gasteiger partial charge is 0.251 e. The first-order chi connectivity index (χ1) is 23.0. The molecule has 10 nitrogen and oxygen atoms in total. The Morgan fingerprint density at radius 2 is 1.52 bits per heavy atom. The Morgan fingerprint density at radius 1 is 0.854 bits per heavy atom. The number of fused-ring (bicyclic) bond motifs is 5. The topological polar surface area (TPSA) is 113 Å². The van der Waals surface area contributed by atoms with Crippen LogP contribution in [0.15, 0.2) is 72.8 Å². The van der Waals surface area contributed by atoms with E-state index in [0.29, 0.717) is 44.6 Å². The molecule has 0 unspecified atom stereocenters. The molecule has 0 saturated carbocycles. The SMILES string of the molecule is CNC(C)(C)CCOc1ccc(C(=O)NCCCn2nnc3c2-c2ccccc2CN(C(=O)CCC(C)(C)NC)c2ccccc2-3)cc1. The molecule has 0 atom stereocenters. The number of aromatic nitrogens is 3. The van der Waals surface area contributed by atoms with Gasteiger partial charge in [0.05, 0.1) is 24.5 Å². The number of nitrogens with one attached hydrogen (secondary N) is 3.